The minimum atomic E-state index is -5.67. The number of aromatic nitrogens is 3. The van der Waals surface area contributed by atoms with Gasteiger partial charge in [-0.15, -0.1) is 5.10 Å². The molecule has 11 heteroatoms. The zero-order chi connectivity index (χ0) is 19.1. The minimum absolute atomic E-state index is 0.456. The smallest absolute Gasteiger partial charge is 0.220 e. The van der Waals surface area contributed by atoms with Gasteiger partial charge in [0.05, 0.1) is 5.69 Å². The van der Waals surface area contributed by atoms with Gasteiger partial charge >= 0.3 is 16.8 Å². The van der Waals surface area contributed by atoms with E-state index in [9.17, 15) is 20.9 Å². The van der Waals surface area contributed by atoms with Gasteiger partial charge < -0.3 is 0 Å². The zero-order valence-corrected chi connectivity index (χ0v) is 14.1. The maximum Gasteiger partial charge on any atom is 0.476 e. The van der Waals surface area contributed by atoms with E-state index in [1.807, 2.05) is 12.1 Å². The van der Waals surface area contributed by atoms with Crippen LogP contribution in [0.15, 0.2) is 24.5 Å². The van der Waals surface area contributed by atoms with Gasteiger partial charge in [0.1, 0.15) is 6.33 Å². The molecular formula is C15H14F5N3O2S. The Balaban J connectivity index is 0.000000349. The minimum Gasteiger partial charge on any atom is -0.220 e. The van der Waals surface area contributed by atoms with Gasteiger partial charge in [-0.1, -0.05) is 19.9 Å². The van der Waals surface area contributed by atoms with Gasteiger partial charge in [-0.05, 0) is 54.7 Å². The Kier molecular flexibility index (Phi) is 4.76. The fourth-order valence-electron chi connectivity index (χ4n) is 2.68. The van der Waals surface area contributed by atoms with Crippen molar-refractivity contribution in [1.29, 1.82) is 0 Å². The number of nitrogens with zero attached hydrogens (tertiary/aromatic N) is 3. The van der Waals surface area contributed by atoms with Gasteiger partial charge in [-0.2, -0.15) is 21.6 Å². The zero-order valence-electron chi connectivity index (χ0n) is 13.2. The SMILES string of the molecule is FC(F)(F)c1ncn(-c2ccc(C3CC3)cc2C2CC2)n1.O=S(=O)(F)F. The number of benzene rings is 1. The molecule has 0 bridgehead atoms. The lowest BCUT2D eigenvalue weighted by Crippen LogP contribution is -2.09. The number of hydrogen-bond donors (Lipinski definition) is 0. The topological polar surface area (TPSA) is 64.8 Å². The van der Waals surface area contributed by atoms with Crippen LogP contribution >= 0.6 is 0 Å². The standard InChI is InChI=1S/C15H14F3N3.F2O2S/c16-15(17,18)14-19-8-21(20-14)13-6-5-11(9-1-2-9)7-12(13)10-3-4-10;1-5(2,3)4/h5-10H,1-4H2;. The Morgan fingerprint density at radius 3 is 2.08 bits per heavy atom. The number of rotatable bonds is 3. The Morgan fingerprint density at radius 1 is 1.04 bits per heavy atom. The van der Waals surface area contributed by atoms with E-state index in [0.29, 0.717) is 11.8 Å². The summed E-state index contributed by atoms with van der Waals surface area (Å²) >= 11 is 0. The molecule has 26 heavy (non-hydrogen) atoms. The maximum absolute atomic E-state index is 12.6. The van der Waals surface area contributed by atoms with E-state index in [1.54, 1.807) is 0 Å². The first-order chi connectivity index (χ1) is 12.0. The van der Waals surface area contributed by atoms with E-state index in [0.717, 1.165) is 30.4 Å². The largest absolute Gasteiger partial charge is 0.476 e. The monoisotopic (exact) mass is 395 g/mol. The van der Waals surface area contributed by atoms with Gasteiger partial charge in [0.2, 0.25) is 0 Å². The fraction of sp³-hybridized carbons (Fsp3) is 0.467. The summed E-state index contributed by atoms with van der Waals surface area (Å²) in [7, 11) is -5.67. The summed E-state index contributed by atoms with van der Waals surface area (Å²) in [5.74, 6) is 0.00536. The molecule has 2 saturated carbocycles. The molecule has 142 valence electrons. The summed E-state index contributed by atoms with van der Waals surface area (Å²) in [6.45, 7) is 0. The summed E-state index contributed by atoms with van der Waals surface area (Å²) in [5, 5.41) is 3.59. The molecule has 0 aliphatic heterocycles. The molecule has 1 aromatic carbocycles. The van der Waals surface area contributed by atoms with Crippen LogP contribution in [-0.2, 0) is 16.8 Å². The van der Waals surface area contributed by atoms with Gasteiger partial charge in [0.15, 0.2) is 0 Å². The molecule has 1 heterocycles. The molecule has 5 nitrogen and oxygen atoms in total. The Hall–Kier alpha value is -2.04. The highest BCUT2D eigenvalue weighted by Gasteiger charge is 2.36. The molecule has 0 spiro atoms. The van der Waals surface area contributed by atoms with Crippen LogP contribution in [0.4, 0.5) is 20.9 Å². The molecule has 2 aromatic rings. The lowest BCUT2D eigenvalue weighted by Gasteiger charge is -2.10. The van der Waals surface area contributed by atoms with Crippen molar-refractivity contribution in [2.24, 2.45) is 0 Å². The summed E-state index contributed by atoms with van der Waals surface area (Å²) in [6, 6.07) is 6.05. The van der Waals surface area contributed by atoms with Crippen LogP contribution in [0.1, 0.15) is 54.5 Å². The third kappa shape index (κ3) is 4.99. The summed E-state index contributed by atoms with van der Waals surface area (Å²) in [5.41, 5.74) is 3.14. The Morgan fingerprint density at radius 2 is 1.62 bits per heavy atom. The van der Waals surface area contributed by atoms with Crippen LogP contribution in [0, 0.1) is 0 Å². The van der Waals surface area contributed by atoms with Crippen molar-refractivity contribution in [2.45, 2.75) is 43.7 Å². The van der Waals surface area contributed by atoms with E-state index in [-0.39, 0.29) is 0 Å². The first-order valence-corrected chi connectivity index (χ1v) is 9.08. The van der Waals surface area contributed by atoms with Crippen molar-refractivity contribution < 1.29 is 29.4 Å². The predicted molar refractivity (Wildman–Crippen MR) is 81.4 cm³/mol. The average molecular weight is 395 g/mol. The second-order valence-corrected chi connectivity index (χ2v) is 7.01. The number of alkyl halides is 3. The van der Waals surface area contributed by atoms with Crippen molar-refractivity contribution in [3.05, 3.63) is 41.5 Å². The van der Waals surface area contributed by atoms with E-state index in [1.165, 1.54) is 23.1 Å². The van der Waals surface area contributed by atoms with Crippen molar-refractivity contribution >= 4 is 10.6 Å². The highest BCUT2D eigenvalue weighted by molar-refractivity contribution is 7.81. The van der Waals surface area contributed by atoms with Crippen molar-refractivity contribution in [1.82, 2.24) is 14.8 Å². The molecule has 2 aliphatic carbocycles. The van der Waals surface area contributed by atoms with E-state index in [2.05, 4.69) is 16.1 Å². The second-order valence-electron chi connectivity index (χ2n) is 6.26. The molecule has 0 radical (unpaired) electrons. The molecular weight excluding hydrogens is 381 g/mol. The highest BCUT2D eigenvalue weighted by atomic mass is 32.3. The van der Waals surface area contributed by atoms with Crippen molar-refractivity contribution in [2.75, 3.05) is 0 Å². The Bertz CT molecular complexity index is 894. The second kappa shape index (κ2) is 6.60. The molecule has 0 atom stereocenters. The third-order valence-corrected chi connectivity index (χ3v) is 4.11. The summed E-state index contributed by atoms with van der Waals surface area (Å²) < 4.78 is 75.7. The predicted octanol–water partition coefficient (Wildman–Crippen LogP) is 4.21. The van der Waals surface area contributed by atoms with Crippen LogP contribution in [0.25, 0.3) is 5.69 Å². The van der Waals surface area contributed by atoms with E-state index in [4.69, 9.17) is 8.42 Å². The quantitative estimate of drug-likeness (QED) is 0.577. The summed E-state index contributed by atoms with van der Waals surface area (Å²) in [6.07, 6.45) is 1.28. The lowest BCUT2D eigenvalue weighted by atomic mass is 10.0. The van der Waals surface area contributed by atoms with Crippen LogP contribution < -0.4 is 0 Å². The van der Waals surface area contributed by atoms with Crippen LogP contribution in [0.2, 0.25) is 0 Å². The molecule has 0 amide bonds. The average Bonchev–Trinajstić information content (AvgIpc) is 3.42. The van der Waals surface area contributed by atoms with Gasteiger partial charge in [0.25, 0.3) is 5.82 Å². The normalized spacial score (nSPS) is 17.6. The first kappa shape index (κ1) is 18.7. The molecule has 1 aromatic heterocycles. The van der Waals surface area contributed by atoms with Gasteiger partial charge in [0, 0.05) is 0 Å². The summed E-state index contributed by atoms with van der Waals surface area (Å²) in [4.78, 5) is 3.38. The Labute approximate surface area is 146 Å². The molecule has 0 saturated heterocycles. The van der Waals surface area contributed by atoms with Crippen molar-refractivity contribution in [3.8, 4) is 5.69 Å². The third-order valence-electron chi connectivity index (χ3n) is 4.11. The fourth-order valence-corrected chi connectivity index (χ4v) is 2.68. The molecule has 0 unspecified atom stereocenters. The van der Waals surface area contributed by atoms with Crippen LogP contribution in [0.5, 0.6) is 0 Å². The van der Waals surface area contributed by atoms with Crippen LogP contribution in [0.3, 0.4) is 0 Å². The first-order valence-electron chi connectivity index (χ1n) is 7.79. The van der Waals surface area contributed by atoms with Crippen LogP contribution in [-0.4, -0.2) is 23.2 Å². The van der Waals surface area contributed by atoms with Gasteiger partial charge in [-0.3, -0.25) is 0 Å². The number of halogens is 5. The van der Waals surface area contributed by atoms with Crippen molar-refractivity contribution in [3.63, 3.8) is 0 Å². The molecule has 4 rings (SSSR count). The maximum atomic E-state index is 12.6. The number of hydrogen-bond acceptors (Lipinski definition) is 4. The highest BCUT2D eigenvalue weighted by Crippen LogP contribution is 2.46. The lowest BCUT2D eigenvalue weighted by molar-refractivity contribution is -0.144. The van der Waals surface area contributed by atoms with Gasteiger partial charge in [-0.25, -0.2) is 9.67 Å². The van der Waals surface area contributed by atoms with E-state index >= 15 is 0 Å². The molecule has 2 fully saturated rings. The molecule has 2 aliphatic rings. The van der Waals surface area contributed by atoms with E-state index < -0.39 is 22.6 Å². The molecule has 0 N–H and O–H groups in total.